The van der Waals surface area contributed by atoms with Gasteiger partial charge in [-0.25, -0.2) is 0 Å². The monoisotopic (exact) mass is 832 g/mol. The van der Waals surface area contributed by atoms with E-state index in [2.05, 4.69) is 40.2 Å². The highest BCUT2D eigenvalue weighted by atomic mass is 79.9. The van der Waals surface area contributed by atoms with Gasteiger partial charge in [-0.3, -0.25) is 9.59 Å². The zero-order valence-electron chi connectivity index (χ0n) is 31.9. The van der Waals surface area contributed by atoms with Crippen molar-refractivity contribution in [1.82, 2.24) is 9.13 Å². The number of pyridine rings is 2. The molecule has 6 nitrogen and oxygen atoms in total. The van der Waals surface area contributed by atoms with Crippen molar-refractivity contribution in [2.45, 2.75) is 13.1 Å². The summed E-state index contributed by atoms with van der Waals surface area (Å²) in [4.78, 5) is 26.2. The lowest BCUT2D eigenvalue weighted by Gasteiger charge is -2.08. The van der Waals surface area contributed by atoms with Crippen LogP contribution >= 0.6 is 15.9 Å². The molecule has 7 heteroatoms. The van der Waals surface area contributed by atoms with Crippen LogP contribution in [0.2, 0.25) is 0 Å². The van der Waals surface area contributed by atoms with Crippen LogP contribution in [0.3, 0.4) is 0 Å². The van der Waals surface area contributed by atoms with Crippen molar-refractivity contribution in [2.75, 3.05) is 0 Å². The second-order valence-electron chi connectivity index (χ2n) is 14.1. The van der Waals surface area contributed by atoms with Crippen molar-refractivity contribution in [3.05, 3.63) is 236 Å². The maximum Gasteiger partial charge on any atom is 0.212 e. The molecule has 0 atom stereocenters. The Morgan fingerprint density at radius 1 is 0.424 bits per heavy atom. The third kappa shape index (κ3) is 7.64. The number of halogens is 1. The summed E-state index contributed by atoms with van der Waals surface area (Å²) < 4.78 is 17.3. The second kappa shape index (κ2) is 16.7. The van der Waals surface area contributed by atoms with E-state index in [1.54, 1.807) is 6.07 Å². The Morgan fingerprint density at radius 2 is 0.797 bits per heavy atom. The summed E-state index contributed by atoms with van der Waals surface area (Å²) in [6.45, 7) is 1.24. The molecule has 6 aromatic carbocycles. The molecule has 0 aliphatic rings. The van der Waals surface area contributed by atoms with E-state index in [0.29, 0.717) is 45.5 Å². The summed E-state index contributed by atoms with van der Waals surface area (Å²) in [6, 6.07) is 61.8. The van der Waals surface area contributed by atoms with E-state index in [9.17, 15) is 9.59 Å². The van der Waals surface area contributed by atoms with Crippen molar-refractivity contribution >= 4 is 38.1 Å². The molecule has 0 saturated heterocycles. The largest absolute Gasteiger partial charge is 0.439 e. The average molecular weight is 834 g/mol. The Morgan fingerprint density at radius 3 is 1.25 bits per heavy atom. The zero-order chi connectivity index (χ0) is 40.1. The Labute approximate surface area is 349 Å². The van der Waals surface area contributed by atoms with Crippen LogP contribution < -0.4 is 10.9 Å². The van der Waals surface area contributed by atoms with Gasteiger partial charge in [-0.05, 0) is 38.2 Å². The van der Waals surface area contributed by atoms with Gasteiger partial charge in [0, 0.05) is 40.7 Å². The molecule has 0 unspecified atom stereocenters. The topological polar surface area (TPSA) is 70.3 Å². The minimum atomic E-state index is -0.0703. The molecule has 0 radical (unpaired) electrons. The van der Waals surface area contributed by atoms with E-state index >= 15 is 0 Å². The molecule has 0 fully saturated rings. The molecule has 4 aromatic heterocycles. The molecule has 0 aliphatic carbocycles. The van der Waals surface area contributed by atoms with Gasteiger partial charge in [0.25, 0.3) is 0 Å². The number of nitrogens with zero attached hydrogens (tertiary/aromatic N) is 2. The molecule has 0 spiro atoms. The SMILES string of the molecule is O=c1c(Br)cn(Cc2ccccc2)c2oc(-c3ccccc3)c(-c3ccccc3)c12.O=c1ccn(Cc2ccccc2)c2oc(-c3ccccc3)c(-c3ccccc3)c12. The fourth-order valence-electron chi connectivity index (χ4n) is 7.51. The molecule has 0 aliphatic heterocycles. The third-order valence-corrected chi connectivity index (χ3v) is 10.8. The molecule has 4 heterocycles. The van der Waals surface area contributed by atoms with Crippen molar-refractivity contribution in [3.63, 3.8) is 0 Å². The van der Waals surface area contributed by atoms with Crippen LogP contribution in [-0.4, -0.2) is 9.13 Å². The predicted octanol–water partition coefficient (Wildman–Crippen LogP) is 12.7. The fraction of sp³-hybridized carbons (Fsp3) is 0.0385. The van der Waals surface area contributed by atoms with Gasteiger partial charge in [0.05, 0.1) is 28.3 Å². The predicted molar refractivity (Wildman–Crippen MR) is 241 cm³/mol. The molecule has 286 valence electrons. The van der Waals surface area contributed by atoms with Gasteiger partial charge in [0.2, 0.25) is 16.9 Å². The lowest BCUT2D eigenvalue weighted by atomic mass is 9.99. The maximum absolute atomic E-state index is 13.3. The average Bonchev–Trinajstić information content (AvgIpc) is 3.91. The van der Waals surface area contributed by atoms with Gasteiger partial charge in [0.15, 0.2) is 5.43 Å². The minimum Gasteiger partial charge on any atom is -0.439 e. The first-order valence-corrected chi connectivity index (χ1v) is 20.1. The van der Waals surface area contributed by atoms with E-state index in [0.717, 1.165) is 50.3 Å². The highest BCUT2D eigenvalue weighted by molar-refractivity contribution is 9.10. The Balaban J connectivity index is 0.000000152. The Bertz CT molecular complexity index is 3120. The summed E-state index contributed by atoms with van der Waals surface area (Å²) in [6.07, 6.45) is 3.62. The second-order valence-corrected chi connectivity index (χ2v) is 15.0. The minimum absolute atomic E-state index is 0.0332. The smallest absolute Gasteiger partial charge is 0.212 e. The van der Waals surface area contributed by atoms with Crippen molar-refractivity contribution in [1.29, 1.82) is 0 Å². The molecular formula is C52H37BrN2O4. The number of fused-ring (bicyclic) bond motifs is 2. The van der Waals surface area contributed by atoms with E-state index in [1.807, 2.05) is 179 Å². The van der Waals surface area contributed by atoms with E-state index in [1.165, 1.54) is 0 Å². The zero-order valence-corrected chi connectivity index (χ0v) is 33.5. The van der Waals surface area contributed by atoms with Crippen LogP contribution in [0, 0.1) is 0 Å². The van der Waals surface area contributed by atoms with E-state index in [-0.39, 0.29) is 10.9 Å². The standard InChI is InChI=1S/C26H18BrNO2.C26H19NO2/c27-21-17-28(16-18-10-4-1-5-11-18)26-23(24(21)29)22(19-12-6-2-7-13-19)25(30-26)20-14-8-3-9-15-20;28-22-16-17-27(18-19-10-4-1-5-11-19)26-24(22)23(20-12-6-2-7-13-20)25(29-26)21-14-8-3-9-15-21/h1-15,17H,16H2;1-17H,18H2. The van der Waals surface area contributed by atoms with Crippen LogP contribution in [0.5, 0.6) is 0 Å². The van der Waals surface area contributed by atoms with Crippen molar-refractivity contribution < 1.29 is 8.83 Å². The molecule has 10 aromatic rings. The third-order valence-electron chi connectivity index (χ3n) is 10.3. The Kier molecular flexibility index (Phi) is 10.6. The molecule has 0 bridgehead atoms. The molecule has 59 heavy (non-hydrogen) atoms. The first kappa shape index (κ1) is 37.4. The molecular weight excluding hydrogens is 796 g/mol. The van der Waals surface area contributed by atoms with E-state index in [4.69, 9.17) is 8.83 Å². The van der Waals surface area contributed by atoms with Crippen molar-refractivity contribution in [2.24, 2.45) is 0 Å². The number of furan rings is 2. The summed E-state index contributed by atoms with van der Waals surface area (Å²) in [7, 11) is 0. The van der Waals surface area contributed by atoms with Gasteiger partial charge in [-0.1, -0.05) is 182 Å². The number of rotatable bonds is 8. The number of hydrogen-bond donors (Lipinski definition) is 0. The summed E-state index contributed by atoms with van der Waals surface area (Å²) in [5.41, 5.74) is 8.84. The van der Waals surface area contributed by atoms with Gasteiger partial charge in [-0.15, -0.1) is 0 Å². The molecule has 0 N–H and O–H groups in total. The number of benzene rings is 6. The van der Waals surface area contributed by atoms with Gasteiger partial charge in [-0.2, -0.15) is 0 Å². The normalized spacial score (nSPS) is 11.1. The lowest BCUT2D eigenvalue weighted by molar-refractivity contribution is 0.585. The molecule has 0 saturated carbocycles. The first-order valence-electron chi connectivity index (χ1n) is 19.3. The Hall–Kier alpha value is -7.22. The highest BCUT2D eigenvalue weighted by Crippen LogP contribution is 2.41. The highest BCUT2D eigenvalue weighted by Gasteiger charge is 2.24. The van der Waals surface area contributed by atoms with Gasteiger partial charge < -0.3 is 18.0 Å². The summed E-state index contributed by atoms with van der Waals surface area (Å²) in [5, 5.41) is 1.21. The van der Waals surface area contributed by atoms with Crippen LogP contribution in [-0.2, 0) is 13.1 Å². The maximum atomic E-state index is 13.3. The van der Waals surface area contributed by atoms with Crippen LogP contribution in [0.1, 0.15) is 11.1 Å². The van der Waals surface area contributed by atoms with Crippen LogP contribution in [0.4, 0.5) is 0 Å². The molecule has 0 amide bonds. The lowest BCUT2D eigenvalue weighted by Crippen LogP contribution is -2.10. The molecule has 10 rings (SSSR count). The number of aromatic nitrogens is 2. The summed E-state index contributed by atoms with van der Waals surface area (Å²) in [5.74, 6) is 1.42. The summed E-state index contributed by atoms with van der Waals surface area (Å²) >= 11 is 3.48. The van der Waals surface area contributed by atoms with Crippen molar-refractivity contribution in [3.8, 4) is 44.9 Å². The quantitative estimate of drug-likeness (QED) is 0.153. The van der Waals surface area contributed by atoms with Crippen LogP contribution in [0.15, 0.2) is 223 Å². The van der Waals surface area contributed by atoms with Crippen LogP contribution in [0.25, 0.3) is 67.1 Å². The fourth-order valence-corrected chi connectivity index (χ4v) is 7.96. The van der Waals surface area contributed by atoms with Gasteiger partial charge in [0.1, 0.15) is 11.5 Å². The number of hydrogen-bond acceptors (Lipinski definition) is 4. The first-order chi connectivity index (χ1) is 29.0. The van der Waals surface area contributed by atoms with Gasteiger partial charge >= 0.3 is 0 Å². The van der Waals surface area contributed by atoms with E-state index < -0.39 is 0 Å².